The van der Waals surface area contributed by atoms with Gasteiger partial charge in [0.25, 0.3) is 5.69 Å². The Bertz CT molecular complexity index is 682. The third-order valence-electron chi connectivity index (χ3n) is 3.12. The molecule has 0 atom stereocenters. The van der Waals surface area contributed by atoms with E-state index in [4.69, 9.17) is 9.47 Å². The molecule has 2 rings (SSSR count). The number of esters is 1. The Labute approximate surface area is 133 Å². The van der Waals surface area contributed by atoms with Gasteiger partial charge in [-0.2, -0.15) is 0 Å². The molecule has 0 spiro atoms. The summed E-state index contributed by atoms with van der Waals surface area (Å²) < 4.78 is 10.5. The van der Waals surface area contributed by atoms with E-state index in [1.54, 1.807) is 12.1 Å². The summed E-state index contributed by atoms with van der Waals surface area (Å²) in [4.78, 5) is 21.8. The lowest BCUT2D eigenvalue weighted by Gasteiger charge is -2.07. The van der Waals surface area contributed by atoms with Crippen LogP contribution in [0.1, 0.15) is 17.5 Å². The molecule has 0 aliphatic carbocycles. The number of carbonyl (C=O) groups excluding carboxylic acids is 1. The molecule has 2 aromatic rings. The molecule has 0 radical (unpaired) electrons. The van der Waals surface area contributed by atoms with Crippen LogP contribution in [0.5, 0.6) is 5.75 Å². The molecular formula is C17H17NO5. The molecule has 0 unspecified atom stereocenters. The van der Waals surface area contributed by atoms with Gasteiger partial charge in [-0.1, -0.05) is 29.8 Å². The van der Waals surface area contributed by atoms with E-state index < -0.39 is 10.9 Å². The Morgan fingerprint density at radius 2 is 1.91 bits per heavy atom. The molecule has 6 nitrogen and oxygen atoms in total. The minimum atomic E-state index is -0.485. The Hall–Kier alpha value is -2.89. The zero-order valence-electron chi connectivity index (χ0n) is 12.7. The summed E-state index contributed by atoms with van der Waals surface area (Å²) in [6.45, 7) is 2.21. The number of carbonyl (C=O) groups is 1. The molecule has 0 aliphatic heterocycles. The van der Waals surface area contributed by atoms with Crippen LogP contribution >= 0.6 is 0 Å². The van der Waals surface area contributed by atoms with Gasteiger partial charge >= 0.3 is 5.97 Å². The van der Waals surface area contributed by atoms with Crippen molar-refractivity contribution in [3.8, 4) is 5.75 Å². The van der Waals surface area contributed by atoms with Crippen LogP contribution in [0.4, 0.5) is 5.69 Å². The van der Waals surface area contributed by atoms with Crippen molar-refractivity contribution in [2.24, 2.45) is 0 Å². The highest BCUT2D eigenvalue weighted by atomic mass is 16.6. The molecular weight excluding hydrogens is 298 g/mol. The zero-order valence-corrected chi connectivity index (χ0v) is 12.7. The van der Waals surface area contributed by atoms with Crippen LogP contribution < -0.4 is 4.74 Å². The second-order valence-electron chi connectivity index (χ2n) is 5.00. The summed E-state index contributed by atoms with van der Waals surface area (Å²) in [5.41, 5.74) is 1.68. The minimum Gasteiger partial charge on any atom is -0.493 e. The van der Waals surface area contributed by atoms with Gasteiger partial charge in [0.15, 0.2) is 0 Å². The molecule has 0 amide bonds. The Kier molecular flexibility index (Phi) is 5.68. The lowest BCUT2D eigenvalue weighted by Crippen LogP contribution is -2.10. The fourth-order valence-electron chi connectivity index (χ4n) is 1.88. The first kappa shape index (κ1) is 16.5. The maximum atomic E-state index is 11.6. The standard InChI is InChI=1S/C17H17NO5/c1-13-5-7-16(8-6-13)22-10-9-17(19)23-12-14-3-2-4-15(11-14)18(20)21/h2-8,11H,9-10,12H2,1H3. The van der Waals surface area contributed by atoms with Gasteiger partial charge in [0.2, 0.25) is 0 Å². The van der Waals surface area contributed by atoms with Gasteiger partial charge in [0, 0.05) is 12.1 Å². The van der Waals surface area contributed by atoms with Gasteiger partial charge in [0.05, 0.1) is 18.0 Å². The van der Waals surface area contributed by atoms with Crippen molar-refractivity contribution < 1.29 is 19.2 Å². The van der Waals surface area contributed by atoms with E-state index in [2.05, 4.69) is 0 Å². The van der Waals surface area contributed by atoms with Crippen LogP contribution in [0, 0.1) is 17.0 Å². The average Bonchev–Trinajstić information content (AvgIpc) is 2.55. The van der Waals surface area contributed by atoms with E-state index in [0.717, 1.165) is 5.56 Å². The van der Waals surface area contributed by atoms with Gasteiger partial charge in [-0.15, -0.1) is 0 Å². The van der Waals surface area contributed by atoms with Gasteiger partial charge < -0.3 is 9.47 Å². The van der Waals surface area contributed by atoms with Crippen molar-refractivity contribution in [3.05, 3.63) is 69.8 Å². The van der Waals surface area contributed by atoms with Crippen molar-refractivity contribution in [2.75, 3.05) is 6.61 Å². The highest BCUT2D eigenvalue weighted by Crippen LogP contribution is 2.14. The number of ether oxygens (including phenoxy) is 2. The zero-order chi connectivity index (χ0) is 16.7. The molecule has 23 heavy (non-hydrogen) atoms. The SMILES string of the molecule is Cc1ccc(OCCC(=O)OCc2cccc([N+](=O)[O-])c2)cc1. The highest BCUT2D eigenvalue weighted by molar-refractivity contribution is 5.69. The quantitative estimate of drug-likeness (QED) is 0.444. The topological polar surface area (TPSA) is 78.7 Å². The van der Waals surface area contributed by atoms with Crippen molar-refractivity contribution >= 4 is 11.7 Å². The van der Waals surface area contributed by atoms with Gasteiger partial charge in [-0.25, -0.2) is 0 Å². The van der Waals surface area contributed by atoms with Gasteiger partial charge in [0.1, 0.15) is 12.4 Å². The Balaban J connectivity index is 1.73. The highest BCUT2D eigenvalue weighted by Gasteiger charge is 2.08. The monoisotopic (exact) mass is 315 g/mol. The van der Waals surface area contributed by atoms with Gasteiger partial charge in [-0.3, -0.25) is 14.9 Å². The molecule has 0 aliphatic rings. The first-order valence-corrected chi connectivity index (χ1v) is 7.13. The number of aryl methyl sites for hydroxylation is 1. The Morgan fingerprint density at radius 1 is 1.17 bits per heavy atom. The predicted octanol–water partition coefficient (Wildman–Crippen LogP) is 3.42. The number of nitro groups is 1. The summed E-state index contributed by atoms with van der Waals surface area (Å²) in [6, 6.07) is 13.5. The molecule has 0 fully saturated rings. The van der Waals surface area contributed by atoms with E-state index >= 15 is 0 Å². The number of rotatable bonds is 7. The van der Waals surface area contributed by atoms with Crippen LogP contribution in [0.3, 0.4) is 0 Å². The van der Waals surface area contributed by atoms with Crippen LogP contribution in [-0.4, -0.2) is 17.5 Å². The number of hydrogen-bond donors (Lipinski definition) is 0. The fraction of sp³-hybridized carbons (Fsp3) is 0.235. The second-order valence-corrected chi connectivity index (χ2v) is 5.00. The lowest BCUT2D eigenvalue weighted by molar-refractivity contribution is -0.384. The smallest absolute Gasteiger partial charge is 0.309 e. The second kappa shape index (κ2) is 7.93. The first-order chi connectivity index (χ1) is 11.0. The number of nitrogens with zero attached hydrogens (tertiary/aromatic N) is 1. The molecule has 0 heterocycles. The maximum absolute atomic E-state index is 11.6. The summed E-state index contributed by atoms with van der Waals surface area (Å²) in [5.74, 6) is 0.283. The largest absolute Gasteiger partial charge is 0.493 e. The number of hydrogen-bond acceptors (Lipinski definition) is 5. The van der Waals surface area contributed by atoms with Crippen LogP contribution in [0.15, 0.2) is 48.5 Å². The summed E-state index contributed by atoms with van der Waals surface area (Å²) in [6.07, 6.45) is 0.114. The first-order valence-electron chi connectivity index (χ1n) is 7.13. The molecule has 0 saturated carbocycles. The number of nitro benzene ring substituents is 1. The normalized spacial score (nSPS) is 10.1. The van der Waals surface area contributed by atoms with Crippen molar-refractivity contribution in [1.82, 2.24) is 0 Å². The summed E-state index contributed by atoms with van der Waals surface area (Å²) >= 11 is 0. The fourth-order valence-corrected chi connectivity index (χ4v) is 1.88. The molecule has 0 aromatic heterocycles. The van der Waals surface area contributed by atoms with Crippen LogP contribution in [-0.2, 0) is 16.1 Å². The number of benzene rings is 2. The molecule has 6 heteroatoms. The Morgan fingerprint density at radius 3 is 2.61 bits per heavy atom. The predicted molar refractivity (Wildman–Crippen MR) is 84.2 cm³/mol. The lowest BCUT2D eigenvalue weighted by atomic mass is 10.2. The summed E-state index contributed by atoms with van der Waals surface area (Å²) in [7, 11) is 0. The van der Waals surface area contributed by atoms with E-state index in [1.807, 2.05) is 31.2 Å². The molecule has 2 aromatic carbocycles. The van der Waals surface area contributed by atoms with Crippen molar-refractivity contribution in [3.63, 3.8) is 0 Å². The molecule has 0 N–H and O–H groups in total. The molecule has 0 bridgehead atoms. The van der Waals surface area contributed by atoms with Crippen LogP contribution in [0.2, 0.25) is 0 Å². The summed E-state index contributed by atoms with van der Waals surface area (Å²) in [5, 5.41) is 10.7. The van der Waals surface area contributed by atoms with Crippen LogP contribution in [0.25, 0.3) is 0 Å². The van der Waals surface area contributed by atoms with E-state index in [1.165, 1.54) is 12.1 Å². The van der Waals surface area contributed by atoms with E-state index in [-0.39, 0.29) is 25.3 Å². The van der Waals surface area contributed by atoms with Gasteiger partial charge in [-0.05, 0) is 24.6 Å². The third-order valence-corrected chi connectivity index (χ3v) is 3.12. The maximum Gasteiger partial charge on any atom is 0.309 e. The third kappa shape index (κ3) is 5.43. The minimum absolute atomic E-state index is 0.00500. The average molecular weight is 315 g/mol. The van der Waals surface area contributed by atoms with E-state index in [9.17, 15) is 14.9 Å². The number of non-ortho nitro benzene ring substituents is 1. The molecule has 0 saturated heterocycles. The van der Waals surface area contributed by atoms with E-state index in [0.29, 0.717) is 11.3 Å². The van der Waals surface area contributed by atoms with Crippen molar-refractivity contribution in [1.29, 1.82) is 0 Å². The van der Waals surface area contributed by atoms with Crippen molar-refractivity contribution in [2.45, 2.75) is 20.0 Å². The molecule has 120 valence electrons.